The van der Waals surface area contributed by atoms with Gasteiger partial charge in [-0.15, -0.1) is 0 Å². The number of piperazine rings is 1. The van der Waals surface area contributed by atoms with Crippen LogP contribution in [0.2, 0.25) is 0 Å². The second kappa shape index (κ2) is 11.0. The van der Waals surface area contributed by atoms with E-state index in [0.717, 1.165) is 68.8 Å². The maximum Gasteiger partial charge on any atom is 0.270 e. The third-order valence-corrected chi connectivity index (χ3v) is 7.48. The predicted octanol–water partition coefficient (Wildman–Crippen LogP) is 3.07. The number of nitrogens with zero attached hydrogens (tertiary/aromatic N) is 8. The Morgan fingerprint density at radius 1 is 1.03 bits per heavy atom. The molecular formula is C27H39N9O. The summed E-state index contributed by atoms with van der Waals surface area (Å²) in [6, 6.07) is 6.31. The molecule has 0 atom stereocenters. The lowest BCUT2D eigenvalue weighted by Crippen LogP contribution is -2.48. The number of rotatable bonds is 8. The molecule has 1 saturated carbocycles. The largest absolute Gasteiger partial charge is 0.368 e. The summed E-state index contributed by atoms with van der Waals surface area (Å²) in [5.74, 6) is 1.19. The van der Waals surface area contributed by atoms with Crippen LogP contribution in [-0.4, -0.2) is 108 Å². The van der Waals surface area contributed by atoms with Gasteiger partial charge in [0.05, 0.1) is 11.9 Å². The highest BCUT2D eigenvalue weighted by molar-refractivity contribution is 5.97. The van der Waals surface area contributed by atoms with Gasteiger partial charge in [-0.05, 0) is 45.1 Å². The van der Waals surface area contributed by atoms with Gasteiger partial charge in [-0.25, -0.2) is 9.97 Å². The number of anilines is 3. The highest BCUT2D eigenvalue weighted by Gasteiger charge is 2.26. The number of pyridine rings is 1. The molecule has 1 amide bonds. The third kappa shape index (κ3) is 5.70. The number of fused-ring (bicyclic) bond motifs is 1. The molecule has 5 rings (SSSR count). The van der Waals surface area contributed by atoms with E-state index in [1.165, 1.54) is 12.8 Å². The van der Waals surface area contributed by atoms with Gasteiger partial charge in [0, 0.05) is 71.0 Å². The number of amides is 1. The van der Waals surface area contributed by atoms with Crippen LogP contribution in [0.15, 0.2) is 30.6 Å². The monoisotopic (exact) mass is 505 g/mol. The molecule has 0 unspecified atom stereocenters. The fourth-order valence-corrected chi connectivity index (χ4v) is 5.33. The second-order valence-electron chi connectivity index (χ2n) is 10.7. The lowest BCUT2D eigenvalue weighted by Gasteiger charge is -2.36. The van der Waals surface area contributed by atoms with Gasteiger partial charge < -0.3 is 24.6 Å². The molecule has 198 valence electrons. The van der Waals surface area contributed by atoms with E-state index in [-0.39, 0.29) is 5.91 Å². The quantitative estimate of drug-likeness (QED) is 0.500. The molecule has 2 fully saturated rings. The molecule has 1 aliphatic heterocycles. The van der Waals surface area contributed by atoms with Gasteiger partial charge in [0.15, 0.2) is 0 Å². The van der Waals surface area contributed by atoms with Crippen molar-refractivity contribution in [3.63, 3.8) is 0 Å². The summed E-state index contributed by atoms with van der Waals surface area (Å²) >= 11 is 0. The number of hydrogen-bond acceptors (Lipinski definition) is 8. The topological polar surface area (TPSA) is 85.7 Å². The van der Waals surface area contributed by atoms with Gasteiger partial charge in [0.25, 0.3) is 5.91 Å². The molecular weight excluding hydrogens is 466 g/mol. The number of nitrogens with one attached hydrogen (secondary N) is 1. The average Bonchev–Trinajstić information content (AvgIpc) is 3.55. The molecule has 0 radical (unpaired) electrons. The summed E-state index contributed by atoms with van der Waals surface area (Å²) in [5, 5.41) is 4.15. The zero-order chi connectivity index (χ0) is 25.9. The highest BCUT2D eigenvalue weighted by atomic mass is 16.2. The van der Waals surface area contributed by atoms with Crippen molar-refractivity contribution < 1.29 is 4.79 Å². The minimum absolute atomic E-state index is 0.00445. The molecule has 10 nitrogen and oxygen atoms in total. The SMILES string of the molecule is CN(C)CCN1CCN(c2ccc(Nc3ncc4cc(C(=O)N(C)C)n(C5CCCC5)c4n3)nc2)CC1. The first-order valence-electron chi connectivity index (χ1n) is 13.3. The van der Waals surface area contributed by atoms with Crippen molar-refractivity contribution in [3.05, 3.63) is 36.3 Å². The summed E-state index contributed by atoms with van der Waals surface area (Å²) in [6.07, 6.45) is 8.21. The van der Waals surface area contributed by atoms with Crippen molar-refractivity contribution in [1.82, 2.24) is 34.2 Å². The predicted molar refractivity (Wildman–Crippen MR) is 148 cm³/mol. The Morgan fingerprint density at radius 2 is 1.78 bits per heavy atom. The maximum atomic E-state index is 12.9. The second-order valence-corrected chi connectivity index (χ2v) is 10.7. The van der Waals surface area contributed by atoms with Crippen LogP contribution in [0.4, 0.5) is 17.5 Å². The Balaban J connectivity index is 1.29. The van der Waals surface area contributed by atoms with Crippen LogP contribution >= 0.6 is 0 Å². The first-order valence-corrected chi connectivity index (χ1v) is 13.3. The zero-order valence-corrected chi connectivity index (χ0v) is 22.5. The Kier molecular flexibility index (Phi) is 7.57. The molecule has 2 aliphatic rings. The molecule has 0 bridgehead atoms. The molecule has 37 heavy (non-hydrogen) atoms. The lowest BCUT2D eigenvalue weighted by molar-refractivity contribution is 0.0815. The first-order chi connectivity index (χ1) is 17.9. The van der Waals surface area contributed by atoms with Gasteiger partial charge >= 0.3 is 0 Å². The summed E-state index contributed by atoms with van der Waals surface area (Å²) in [7, 11) is 7.82. The van der Waals surface area contributed by atoms with Gasteiger partial charge in [-0.1, -0.05) is 12.8 Å². The fourth-order valence-electron chi connectivity index (χ4n) is 5.33. The van der Waals surface area contributed by atoms with E-state index >= 15 is 0 Å². The molecule has 1 N–H and O–H groups in total. The Morgan fingerprint density at radius 3 is 2.43 bits per heavy atom. The Hall–Kier alpha value is -3.24. The van der Waals surface area contributed by atoms with Crippen LogP contribution in [-0.2, 0) is 0 Å². The van der Waals surface area contributed by atoms with Crippen molar-refractivity contribution in [3.8, 4) is 0 Å². The zero-order valence-electron chi connectivity index (χ0n) is 22.5. The van der Waals surface area contributed by atoms with Crippen molar-refractivity contribution in [2.24, 2.45) is 0 Å². The van der Waals surface area contributed by atoms with E-state index in [1.807, 2.05) is 18.3 Å². The summed E-state index contributed by atoms with van der Waals surface area (Å²) in [4.78, 5) is 35.7. The van der Waals surface area contributed by atoms with Gasteiger partial charge in [-0.2, -0.15) is 4.98 Å². The normalized spacial score (nSPS) is 17.2. The van der Waals surface area contributed by atoms with Gasteiger partial charge in [-0.3, -0.25) is 9.69 Å². The number of carbonyl (C=O) groups is 1. The number of likely N-dealkylation sites (N-methyl/N-ethyl adjacent to an activating group) is 1. The molecule has 4 heterocycles. The molecule has 10 heteroatoms. The van der Waals surface area contributed by atoms with E-state index in [1.54, 1.807) is 25.2 Å². The van der Waals surface area contributed by atoms with Crippen LogP contribution in [0.1, 0.15) is 42.2 Å². The minimum Gasteiger partial charge on any atom is -0.368 e. The summed E-state index contributed by atoms with van der Waals surface area (Å²) in [5.41, 5.74) is 2.62. The minimum atomic E-state index is -0.00445. The summed E-state index contributed by atoms with van der Waals surface area (Å²) < 4.78 is 2.13. The average molecular weight is 506 g/mol. The smallest absolute Gasteiger partial charge is 0.270 e. The molecule has 3 aromatic heterocycles. The Labute approximate surface area is 219 Å². The van der Waals surface area contributed by atoms with Crippen molar-refractivity contribution >= 4 is 34.4 Å². The number of carbonyl (C=O) groups excluding carboxylic acids is 1. The molecule has 0 spiro atoms. The first kappa shape index (κ1) is 25.4. The van der Waals surface area contributed by atoms with E-state index in [9.17, 15) is 4.79 Å². The van der Waals surface area contributed by atoms with Crippen molar-refractivity contribution in [2.75, 3.05) is 77.7 Å². The van der Waals surface area contributed by atoms with Crippen LogP contribution < -0.4 is 10.2 Å². The van der Waals surface area contributed by atoms with Gasteiger partial charge in [0.2, 0.25) is 5.95 Å². The molecule has 0 aromatic carbocycles. The lowest BCUT2D eigenvalue weighted by atomic mass is 10.2. The maximum absolute atomic E-state index is 12.9. The standard InChI is InChI=1S/C27H39N9O/c1-32(2)11-12-34-13-15-35(16-14-34)22-9-10-24(28-19-22)30-27-29-18-20-17-23(26(37)33(3)4)36(25(20)31-27)21-7-5-6-8-21/h9-10,17-19,21H,5-8,11-16H2,1-4H3,(H,28,29,30,31). The fraction of sp³-hybridized carbons (Fsp3) is 0.556. The van der Waals surface area contributed by atoms with E-state index < -0.39 is 0 Å². The van der Waals surface area contributed by atoms with Gasteiger partial charge in [0.1, 0.15) is 17.2 Å². The molecule has 3 aromatic rings. The van der Waals surface area contributed by atoms with Crippen LogP contribution in [0.5, 0.6) is 0 Å². The third-order valence-electron chi connectivity index (χ3n) is 7.48. The van der Waals surface area contributed by atoms with E-state index in [2.05, 4.69) is 54.7 Å². The molecule has 1 aliphatic carbocycles. The van der Waals surface area contributed by atoms with Crippen molar-refractivity contribution in [2.45, 2.75) is 31.7 Å². The summed E-state index contributed by atoms with van der Waals surface area (Å²) in [6.45, 7) is 6.36. The van der Waals surface area contributed by atoms with E-state index in [4.69, 9.17) is 4.98 Å². The van der Waals surface area contributed by atoms with Crippen LogP contribution in [0, 0.1) is 0 Å². The number of aromatic nitrogens is 4. The molecule has 1 saturated heterocycles. The highest BCUT2D eigenvalue weighted by Crippen LogP contribution is 2.35. The van der Waals surface area contributed by atoms with Crippen LogP contribution in [0.3, 0.4) is 0 Å². The van der Waals surface area contributed by atoms with E-state index in [0.29, 0.717) is 23.5 Å². The van der Waals surface area contributed by atoms with Crippen molar-refractivity contribution in [1.29, 1.82) is 0 Å². The number of hydrogen-bond donors (Lipinski definition) is 1. The van der Waals surface area contributed by atoms with Crippen LogP contribution in [0.25, 0.3) is 11.0 Å². The Bertz CT molecular complexity index is 1210.